The molecule has 0 aliphatic carbocycles. The molecule has 2 fully saturated rings. The van der Waals surface area contributed by atoms with Crippen molar-refractivity contribution in [3.05, 3.63) is 11.1 Å². The summed E-state index contributed by atoms with van der Waals surface area (Å²) in [5, 5.41) is 6.02. The second kappa shape index (κ2) is 4.61. The summed E-state index contributed by atoms with van der Waals surface area (Å²) in [5.74, 6) is 0.425. The first-order chi connectivity index (χ1) is 8.29. The Kier molecular flexibility index (Phi) is 3.12. The Labute approximate surface area is 104 Å². The molecule has 94 valence electrons. The van der Waals surface area contributed by atoms with E-state index in [0.29, 0.717) is 12.5 Å². The number of nitrogens with zero attached hydrogens (tertiary/aromatic N) is 2. The molecule has 2 saturated heterocycles. The molecule has 3 heterocycles. The summed E-state index contributed by atoms with van der Waals surface area (Å²) in [5.41, 5.74) is 7.11. The van der Waals surface area contributed by atoms with Gasteiger partial charge in [-0.3, -0.25) is 0 Å². The minimum atomic E-state index is -0.0794. The topological polar surface area (TPSA) is 70.3 Å². The Bertz CT molecular complexity index is 365. The average Bonchev–Trinajstić information content (AvgIpc) is 3.00. The van der Waals surface area contributed by atoms with Gasteiger partial charge in [0, 0.05) is 25.0 Å². The quantitative estimate of drug-likeness (QED) is 0.857. The minimum Gasteiger partial charge on any atom is -0.378 e. The van der Waals surface area contributed by atoms with E-state index in [1.54, 1.807) is 0 Å². The zero-order valence-corrected chi connectivity index (χ0v) is 10.5. The zero-order valence-electron chi connectivity index (χ0n) is 9.67. The van der Waals surface area contributed by atoms with Crippen molar-refractivity contribution in [1.29, 1.82) is 0 Å². The third kappa shape index (κ3) is 2.22. The maximum absolute atomic E-state index is 6.27. The van der Waals surface area contributed by atoms with Crippen molar-refractivity contribution in [1.82, 2.24) is 9.59 Å². The summed E-state index contributed by atoms with van der Waals surface area (Å²) < 4.78 is 15.3. The first-order valence-corrected chi connectivity index (χ1v) is 6.87. The lowest BCUT2D eigenvalue weighted by Crippen LogP contribution is -2.43. The Morgan fingerprint density at radius 3 is 3.18 bits per heavy atom. The Morgan fingerprint density at radius 1 is 1.53 bits per heavy atom. The Balaban J connectivity index is 1.71. The highest BCUT2D eigenvalue weighted by Gasteiger charge is 2.42. The normalized spacial score (nSPS) is 35.2. The molecule has 0 radical (unpaired) electrons. The van der Waals surface area contributed by atoms with Crippen LogP contribution in [-0.2, 0) is 9.47 Å². The molecule has 3 atom stereocenters. The van der Waals surface area contributed by atoms with E-state index in [9.17, 15) is 0 Å². The van der Waals surface area contributed by atoms with Gasteiger partial charge in [-0.2, -0.15) is 0 Å². The fourth-order valence-electron chi connectivity index (χ4n) is 2.79. The largest absolute Gasteiger partial charge is 0.378 e. The van der Waals surface area contributed by atoms with Crippen molar-refractivity contribution in [3.63, 3.8) is 0 Å². The van der Waals surface area contributed by atoms with Crippen LogP contribution in [0.2, 0.25) is 0 Å². The summed E-state index contributed by atoms with van der Waals surface area (Å²) in [7, 11) is 0. The van der Waals surface area contributed by atoms with Crippen LogP contribution in [0.25, 0.3) is 0 Å². The van der Waals surface area contributed by atoms with E-state index >= 15 is 0 Å². The molecular formula is C11H17N3O2S. The molecule has 1 aromatic heterocycles. The van der Waals surface area contributed by atoms with Gasteiger partial charge in [0.2, 0.25) is 0 Å². The standard InChI is InChI=1S/C11H17N3O2S/c12-10(9-6-17-14-13-9)8-1-3-16-11(5-8)2-4-15-7-11/h6,8,10H,1-5,7,12H2. The highest BCUT2D eigenvalue weighted by Crippen LogP contribution is 2.39. The molecule has 2 aliphatic heterocycles. The van der Waals surface area contributed by atoms with E-state index in [2.05, 4.69) is 9.59 Å². The van der Waals surface area contributed by atoms with Crippen LogP contribution in [0, 0.1) is 5.92 Å². The van der Waals surface area contributed by atoms with Crippen LogP contribution in [0.3, 0.4) is 0 Å². The van der Waals surface area contributed by atoms with Crippen LogP contribution in [0.5, 0.6) is 0 Å². The third-order valence-electron chi connectivity index (χ3n) is 3.82. The molecular weight excluding hydrogens is 238 g/mol. The summed E-state index contributed by atoms with van der Waals surface area (Å²) in [4.78, 5) is 0. The Morgan fingerprint density at radius 2 is 2.47 bits per heavy atom. The summed E-state index contributed by atoms with van der Waals surface area (Å²) in [6.07, 6.45) is 2.97. The first-order valence-electron chi connectivity index (χ1n) is 6.03. The molecule has 2 N–H and O–H groups in total. The van der Waals surface area contributed by atoms with Gasteiger partial charge >= 0.3 is 0 Å². The van der Waals surface area contributed by atoms with Crippen LogP contribution >= 0.6 is 11.5 Å². The number of aromatic nitrogens is 2. The van der Waals surface area contributed by atoms with Gasteiger partial charge in [0.05, 0.1) is 23.9 Å². The molecule has 1 spiro atoms. The third-order valence-corrected chi connectivity index (χ3v) is 4.35. The maximum atomic E-state index is 6.27. The van der Waals surface area contributed by atoms with Crippen molar-refractivity contribution in [2.75, 3.05) is 19.8 Å². The predicted octanol–water partition coefficient (Wildman–Crippen LogP) is 1.12. The van der Waals surface area contributed by atoms with E-state index in [1.165, 1.54) is 11.5 Å². The second-order valence-corrected chi connectivity index (χ2v) is 5.55. The molecule has 0 aromatic carbocycles. The van der Waals surface area contributed by atoms with Gasteiger partial charge in [-0.1, -0.05) is 4.49 Å². The van der Waals surface area contributed by atoms with Crippen molar-refractivity contribution >= 4 is 11.5 Å². The van der Waals surface area contributed by atoms with Crippen molar-refractivity contribution < 1.29 is 9.47 Å². The number of hydrogen-bond donors (Lipinski definition) is 1. The van der Waals surface area contributed by atoms with Crippen molar-refractivity contribution in [2.24, 2.45) is 11.7 Å². The van der Waals surface area contributed by atoms with Gasteiger partial charge in [-0.25, -0.2) is 0 Å². The lowest BCUT2D eigenvalue weighted by atomic mass is 9.80. The fraction of sp³-hybridized carbons (Fsp3) is 0.818. The van der Waals surface area contributed by atoms with Gasteiger partial charge in [-0.15, -0.1) is 5.10 Å². The molecule has 0 bridgehead atoms. The molecule has 2 aliphatic rings. The molecule has 3 rings (SSSR count). The van der Waals surface area contributed by atoms with Gasteiger partial charge in [0.15, 0.2) is 0 Å². The fourth-order valence-corrected chi connectivity index (χ4v) is 3.29. The smallest absolute Gasteiger partial charge is 0.0940 e. The molecule has 0 amide bonds. The number of rotatable bonds is 2. The van der Waals surface area contributed by atoms with Crippen molar-refractivity contribution in [3.8, 4) is 0 Å². The van der Waals surface area contributed by atoms with Crippen LogP contribution in [0.1, 0.15) is 31.0 Å². The molecule has 6 heteroatoms. The summed E-state index contributed by atoms with van der Waals surface area (Å²) in [6, 6.07) is -0.0184. The first kappa shape index (κ1) is 11.5. The lowest BCUT2D eigenvalue weighted by molar-refractivity contribution is -0.101. The monoisotopic (exact) mass is 255 g/mol. The highest BCUT2D eigenvalue weighted by molar-refractivity contribution is 7.03. The molecule has 0 saturated carbocycles. The van der Waals surface area contributed by atoms with Crippen LogP contribution in [0.4, 0.5) is 0 Å². The van der Waals surface area contributed by atoms with Crippen LogP contribution < -0.4 is 5.73 Å². The molecule has 17 heavy (non-hydrogen) atoms. The summed E-state index contributed by atoms with van der Waals surface area (Å²) in [6.45, 7) is 2.30. The SMILES string of the molecule is NC(c1csnn1)C1CCOC2(CCOC2)C1. The highest BCUT2D eigenvalue weighted by atomic mass is 32.1. The van der Waals surface area contributed by atoms with Crippen LogP contribution in [-0.4, -0.2) is 35.0 Å². The van der Waals surface area contributed by atoms with Gasteiger partial charge < -0.3 is 15.2 Å². The van der Waals surface area contributed by atoms with Gasteiger partial charge in [0.25, 0.3) is 0 Å². The second-order valence-electron chi connectivity index (χ2n) is 4.94. The lowest BCUT2D eigenvalue weighted by Gasteiger charge is -2.38. The maximum Gasteiger partial charge on any atom is 0.0940 e. The Hall–Kier alpha value is -0.560. The van der Waals surface area contributed by atoms with Crippen LogP contribution in [0.15, 0.2) is 5.38 Å². The van der Waals surface area contributed by atoms with E-state index in [4.69, 9.17) is 15.2 Å². The number of ether oxygens (including phenoxy) is 2. The van der Waals surface area contributed by atoms with E-state index in [1.807, 2.05) is 5.38 Å². The van der Waals surface area contributed by atoms with E-state index in [0.717, 1.165) is 38.2 Å². The average molecular weight is 255 g/mol. The zero-order chi connectivity index (χ0) is 11.7. The number of nitrogens with two attached hydrogens (primary N) is 1. The summed E-state index contributed by atoms with van der Waals surface area (Å²) >= 11 is 1.36. The van der Waals surface area contributed by atoms with Gasteiger partial charge in [-0.05, 0) is 30.3 Å². The number of hydrogen-bond acceptors (Lipinski definition) is 6. The van der Waals surface area contributed by atoms with E-state index < -0.39 is 0 Å². The van der Waals surface area contributed by atoms with E-state index in [-0.39, 0.29) is 11.6 Å². The minimum absolute atomic E-state index is 0.0184. The molecule has 3 unspecified atom stereocenters. The van der Waals surface area contributed by atoms with Crippen molar-refractivity contribution in [2.45, 2.75) is 30.9 Å². The van der Waals surface area contributed by atoms with Gasteiger partial charge in [0.1, 0.15) is 0 Å². The molecule has 1 aromatic rings. The predicted molar refractivity (Wildman–Crippen MR) is 63.7 cm³/mol. The molecule has 5 nitrogen and oxygen atoms in total.